The predicted octanol–water partition coefficient (Wildman–Crippen LogP) is 6.00. The van der Waals surface area contributed by atoms with Crippen molar-refractivity contribution in [3.63, 3.8) is 0 Å². The molecule has 144 valence electrons. The second-order valence-electron chi connectivity index (χ2n) is 7.12. The zero-order valence-electron chi connectivity index (χ0n) is 16.4. The summed E-state index contributed by atoms with van der Waals surface area (Å²) in [7, 11) is 0. The fourth-order valence-corrected chi connectivity index (χ4v) is 3.64. The molecule has 0 atom stereocenters. The number of carbonyl (C=O) groups is 1. The molecule has 3 N–H and O–H groups in total. The SMILES string of the molecule is Cc1c[nH]c2cccc(/C=C/C(=O)/C=C(O)/C=C/c3cccc4[nH]cc(C)c34)c12. The Labute approximate surface area is 168 Å². The van der Waals surface area contributed by atoms with E-state index < -0.39 is 0 Å². The van der Waals surface area contributed by atoms with Gasteiger partial charge in [0.1, 0.15) is 5.76 Å². The first-order valence-corrected chi connectivity index (χ1v) is 9.47. The fourth-order valence-electron chi connectivity index (χ4n) is 3.64. The minimum atomic E-state index is -0.270. The van der Waals surface area contributed by atoms with Crippen LogP contribution in [0.5, 0.6) is 0 Å². The number of H-pyrrole nitrogens is 2. The first-order valence-electron chi connectivity index (χ1n) is 9.47. The molecule has 0 bridgehead atoms. The third-order valence-electron chi connectivity index (χ3n) is 5.02. The molecule has 0 aliphatic heterocycles. The number of hydrogen-bond acceptors (Lipinski definition) is 2. The van der Waals surface area contributed by atoms with E-state index in [0.29, 0.717) is 0 Å². The van der Waals surface area contributed by atoms with Crippen LogP contribution in [0.15, 0.2) is 72.8 Å². The van der Waals surface area contributed by atoms with Gasteiger partial charge in [-0.25, -0.2) is 0 Å². The van der Waals surface area contributed by atoms with Gasteiger partial charge in [0.2, 0.25) is 0 Å². The van der Waals surface area contributed by atoms with E-state index in [-0.39, 0.29) is 11.5 Å². The van der Waals surface area contributed by atoms with Gasteiger partial charge in [-0.3, -0.25) is 4.79 Å². The molecule has 4 rings (SSSR count). The van der Waals surface area contributed by atoms with Crippen LogP contribution in [0.3, 0.4) is 0 Å². The molecule has 4 nitrogen and oxygen atoms in total. The number of hydrogen-bond donors (Lipinski definition) is 3. The van der Waals surface area contributed by atoms with E-state index in [2.05, 4.69) is 9.97 Å². The zero-order valence-corrected chi connectivity index (χ0v) is 16.4. The fraction of sp³-hybridized carbons (Fsp3) is 0.0800. The summed E-state index contributed by atoms with van der Waals surface area (Å²) < 4.78 is 0. The Morgan fingerprint density at radius 2 is 1.34 bits per heavy atom. The van der Waals surface area contributed by atoms with Crippen LogP contribution in [-0.2, 0) is 4.79 Å². The summed E-state index contributed by atoms with van der Waals surface area (Å²) in [4.78, 5) is 18.7. The number of aromatic nitrogens is 2. The number of fused-ring (bicyclic) bond motifs is 2. The molecule has 0 aliphatic rings. The van der Waals surface area contributed by atoms with Gasteiger partial charge in [-0.2, -0.15) is 0 Å². The Bertz CT molecular complexity index is 1300. The maximum absolute atomic E-state index is 12.3. The summed E-state index contributed by atoms with van der Waals surface area (Å²) in [6.45, 7) is 4.06. The van der Waals surface area contributed by atoms with Crippen LogP contribution in [0.4, 0.5) is 0 Å². The molecule has 0 amide bonds. The molecule has 0 spiro atoms. The van der Waals surface area contributed by atoms with Crippen molar-refractivity contribution >= 4 is 39.7 Å². The quantitative estimate of drug-likeness (QED) is 0.225. The molecule has 2 heterocycles. The highest BCUT2D eigenvalue weighted by atomic mass is 16.3. The van der Waals surface area contributed by atoms with Crippen molar-refractivity contribution in [2.24, 2.45) is 0 Å². The Hall–Kier alpha value is -3.79. The van der Waals surface area contributed by atoms with E-state index in [9.17, 15) is 9.90 Å². The van der Waals surface area contributed by atoms with Gasteiger partial charge < -0.3 is 15.1 Å². The first-order chi connectivity index (χ1) is 14.0. The summed E-state index contributed by atoms with van der Waals surface area (Å²) in [6, 6.07) is 11.9. The molecule has 2 aromatic heterocycles. The van der Waals surface area contributed by atoms with Gasteiger partial charge in [0, 0.05) is 40.3 Å². The highest BCUT2D eigenvalue weighted by molar-refractivity contribution is 6.04. The molecular weight excluding hydrogens is 360 g/mol. The van der Waals surface area contributed by atoms with Gasteiger partial charge in [-0.05, 0) is 60.4 Å². The van der Waals surface area contributed by atoms with E-state index in [1.807, 2.05) is 68.7 Å². The molecule has 0 unspecified atom stereocenters. The highest BCUT2D eigenvalue weighted by Gasteiger charge is 2.05. The van der Waals surface area contributed by atoms with Crippen molar-refractivity contribution in [1.82, 2.24) is 9.97 Å². The van der Waals surface area contributed by atoms with Gasteiger partial charge in [0.05, 0.1) is 0 Å². The van der Waals surface area contributed by atoms with Crippen molar-refractivity contribution in [3.05, 3.63) is 95.0 Å². The molecule has 0 radical (unpaired) electrons. The van der Waals surface area contributed by atoms with Crippen LogP contribution in [0.2, 0.25) is 0 Å². The van der Waals surface area contributed by atoms with E-state index in [1.165, 1.54) is 12.2 Å². The maximum atomic E-state index is 12.3. The van der Waals surface area contributed by atoms with Crippen LogP contribution in [0.25, 0.3) is 34.0 Å². The lowest BCUT2D eigenvalue weighted by Gasteiger charge is -1.99. The number of rotatable bonds is 5. The molecule has 0 fully saturated rings. The van der Waals surface area contributed by atoms with Crippen LogP contribution in [-0.4, -0.2) is 20.9 Å². The molecule has 0 saturated carbocycles. The first kappa shape index (κ1) is 18.6. The number of carbonyl (C=O) groups excluding carboxylic acids is 1. The molecule has 0 aliphatic carbocycles. The predicted molar refractivity (Wildman–Crippen MR) is 120 cm³/mol. The largest absolute Gasteiger partial charge is 0.508 e. The maximum Gasteiger partial charge on any atom is 0.182 e. The summed E-state index contributed by atoms with van der Waals surface area (Å²) in [5.41, 5.74) is 6.29. The van der Waals surface area contributed by atoms with E-state index in [0.717, 1.165) is 44.1 Å². The van der Waals surface area contributed by atoms with Crippen molar-refractivity contribution in [3.8, 4) is 0 Å². The monoisotopic (exact) mass is 382 g/mol. The molecular formula is C25H22N2O2. The van der Waals surface area contributed by atoms with Crippen LogP contribution < -0.4 is 0 Å². The average molecular weight is 382 g/mol. The lowest BCUT2D eigenvalue weighted by atomic mass is 10.1. The number of aliphatic hydroxyl groups excluding tert-OH is 1. The topological polar surface area (TPSA) is 68.9 Å². The number of aliphatic hydroxyl groups is 1. The minimum absolute atomic E-state index is 0.0825. The summed E-state index contributed by atoms with van der Waals surface area (Å²) in [5, 5.41) is 12.4. The van der Waals surface area contributed by atoms with Gasteiger partial charge in [0.15, 0.2) is 5.78 Å². The molecule has 4 aromatic rings. The third-order valence-corrected chi connectivity index (χ3v) is 5.02. The summed E-state index contributed by atoms with van der Waals surface area (Å²) >= 11 is 0. The number of aromatic amines is 2. The van der Waals surface area contributed by atoms with E-state index in [4.69, 9.17) is 0 Å². The van der Waals surface area contributed by atoms with Gasteiger partial charge >= 0.3 is 0 Å². The normalized spacial score (nSPS) is 12.7. The summed E-state index contributed by atoms with van der Waals surface area (Å²) in [5.74, 6) is -0.353. The lowest BCUT2D eigenvalue weighted by Crippen LogP contribution is -1.89. The second-order valence-corrected chi connectivity index (χ2v) is 7.12. The van der Waals surface area contributed by atoms with Gasteiger partial charge in [-0.1, -0.05) is 36.4 Å². The standard InChI is InChI=1S/C25H22N2O2/c1-16-14-26-22-7-3-5-18(24(16)22)9-11-20(28)13-21(29)12-10-19-6-4-8-23-25(19)17(2)15-27-23/h3-15,26-28H,1-2H3/b11-9+,12-10+,20-13-. The Kier molecular flexibility index (Phi) is 4.92. The highest BCUT2D eigenvalue weighted by Crippen LogP contribution is 2.24. The van der Waals surface area contributed by atoms with Crippen LogP contribution in [0.1, 0.15) is 22.3 Å². The Balaban J connectivity index is 1.53. The number of benzene rings is 2. The smallest absolute Gasteiger partial charge is 0.182 e. The third kappa shape index (κ3) is 3.78. The molecule has 2 aromatic carbocycles. The van der Waals surface area contributed by atoms with Gasteiger partial charge in [-0.15, -0.1) is 0 Å². The number of allylic oxidation sites excluding steroid dienone is 3. The molecule has 0 saturated heterocycles. The van der Waals surface area contributed by atoms with Gasteiger partial charge in [0.25, 0.3) is 0 Å². The lowest BCUT2D eigenvalue weighted by molar-refractivity contribution is -0.110. The zero-order chi connectivity index (χ0) is 20.4. The Morgan fingerprint density at radius 3 is 1.90 bits per heavy atom. The second kappa shape index (κ2) is 7.68. The number of nitrogens with one attached hydrogen (secondary N) is 2. The van der Waals surface area contributed by atoms with Crippen molar-refractivity contribution in [1.29, 1.82) is 0 Å². The van der Waals surface area contributed by atoms with Crippen LogP contribution in [0, 0.1) is 13.8 Å². The van der Waals surface area contributed by atoms with Crippen molar-refractivity contribution in [2.75, 3.05) is 0 Å². The number of aryl methyl sites for hydroxylation is 2. The van der Waals surface area contributed by atoms with E-state index in [1.54, 1.807) is 12.2 Å². The minimum Gasteiger partial charge on any atom is -0.508 e. The van der Waals surface area contributed by atoms with Crippen molar-refractivity contribution < 1.29 is 9.90 Å². The Morgan fingerprint density at radius 1 is 0.828 bits per heavy atom. The number of ketones is 1. The average Bonchev–Trinajstić information content (AvgIpc) is 3.28. The van der Waals surface area contributed by atoms with Crippen molar-refractivity contribution in [2.45, 2.75) is 13.8 Å². The summed E-state index contributed by atoms with van der Waals surface area (Å²) in [6.07, 6.45) is 11.7. The molecule has 4 heteroatoms. The molecule has 29 heavy (non-hydrogen) atoms. The van der Waals surface area contributed by atoms with Crippen LogP contribution >= 0.6 is 0 Å². The van der Waals surface area contributed by atoms with E-state index >= 15 is 0 Å².